The van der Waals surface area contributed by atoms with Crippen molar-refractivity contribution in [2.75, 3.05) is 5.73 Å². The minimum atomic E-state index is -0.515. The van der Waals surface area contributed by atoms with Gasteiger partial charge in [-0.3, -0.25) is 10.1 Å². The van der Waals surface area contributed by atoms with Gasteiger partial charge in [0, 0.05) is 18.0 Å². The molecule has 2 aromatic rings. The first-order chi connectivity index (χ1) is 6.70. The molecule has 0 fully saturated rings. The molecular weight excluding hydrogens is 183 g/mol. The number of nitrogens with two attached hydrogens (primary N) is 1. The van der Waals surface area contributed by atoms with Crippen molar-refractivity contribution in [2.45, 2.75) is 6.92 Å². The van der Waals surface area contributed by atoms with Crippen LogP contribution in [-0.4, -0.2) is 15.2 Å². The zero-order valence-electron chi connectivity index (χ0n) is 7.58. The third kappa shape index (κ3) is 1.22. The number of aryl methyl sites for hydroxylation is 1. The van der Waals surface area contributed by atoms with E-state index in [0.29, 0.717) is 5.69 Å². The third-order valence-electron chi connectivity index (χ3n) is 2.02. The van der Waals surface area contributed by atoms with Crippen LogP contribution >= 0.6 is 0 Å². The van der Waals surface area contributed by atoms with Crippen molar-refractivity contribution in [3.63, 3.8) is 0 Å². The summed E-state index contributed by atoms with van der Waals surface area (Å²) in [4.78, 5) is 3.92. The van der Waals surface area contributed by atoms with E-state index in [9.17, 15) is 4.39 Å². The highest BCUT2D eigenvalue weighted by molar-refractivity contribution is 5.65. The van der Waals surface area contributed by atoms with Gasteiger partial charge in [-0.1, -0.05) is 0 Å². The van der Waals surface area contributed by atoms with Crippen LogP contribution in [0, 0.1) is 12.7 Å². The Hall–Kier alpha value is -1.91. The van der Waals surface area contributed by atoms with Crippen molar-refractivity contribution < 1.29 is 4.39 Å². The van der Waals surface area contributed by atoms with Gasteiger partial charge in [0.2, 0.25) is 0 Å². The number of hydrogen-bond donors (Lipinski definition) is 2. The Morgan fingerprint density at radius 3 is 2.86 bits per heavy atom. The number of anilines is 1. The van der Waals surface area contributed by atoms with Gasteiger partial charge in [-0.15, -0.1) is 0 Å². The smallest absolute Gasteiger partial charge is 0.192 e. The fourth-order valence-electron chi connectivity index (χ4n) is 1.27. The second-order valence-electron chi connectivity index (χ2n) is 2.99. The number of aromatic nitrogens is 3. The third-order valence-corrected chi connectivity index (χ3v) is 2.02. The summed E-state index contributed by atoms with van der Waals surface area (Å²) in [5, 5.41) is 6.14. The summed E-state index contributed by atoms with van der Waals surface area (Å²) in [7, 11) is 0. The molecule has 0 radical (unpaired) electrons. The highest BCUT2D eigenvalue weighted by atomic mass is 19.1. The number of halogens is 1. The summed E-state index contributed by atoms with van der Waals surface area (Å²) < 4.78 is 13.4. The van der Waals surface area contributed by atoms with Crippen LogP contribution in [0.25, 0.3) is 11.3 Å². The number of aromatic amines is 1. The number of H-pyrrole nitrogens is 1. The second kappa shape index (κ2) is 3.10. The van der Waals surface area contributed by atoms with E-state index in [1.807, 2.05) is 6.92 Å². The summed E-state index contributed by atoms with van der Waals surface area (Å²) in [5.41, 5.74) is 7.20. The van der Waals surface area contributed by atoms with E-state index in [1.54, 1.807) is 18.5 Å². The van der Waals surface area contributed by atoms with Crippen LogP contribution in [0.4, 0.5) is 10.2 Å². The Morgan fingerprint density at radius 2 is 2.29 bits per heavy atom. The maximum Gasteiger partial charge on any atom is 0.192 e. The molecule has 14 heavy (non-hydrogen) atoms. The van der Waals surface area contributed by atoms with Crippen LogP contribution in [0.15, 0.2) is 18.5 Å². The highest BCUT2D eigenvalue weighted by Gasteiger charge is 2.13. The van der Waals surface area contributed by atoms with Crippen LogP contribution in [0.5, 0.6) is 0 Å². The first-order valence-corrected chi connectivity index (χ1v) is 4.10. The second-order valence-corrected chi connectivity index (χ2v) is 2.99. The van der Waals surface area contributed by atoms with Crippen LogP contribution < -0.4 is 5.73 Å². The summed E-state index contributed by atoms with van der Waals surface area (Å²) in [6.45, 7) is 1.85. The Bertz CT molecular complexity index is 464. The fourth-order valence-corrected chi connectivity index (χ4v) is 1.27. The van der Waals surface area contributed by atoms with E-state index >= 15 is 0 Å². The Morgan fingerprint density at radius 1 is 1.50 bits per heavy atom. The van der Waals surface area contributed by atoms with Gasteiger partial charge >= 0.3 is 0 Å². The number of pyridine rings is 1. The molecular formula is C9H9FN4. The number of hydrogen-bond acceptors (Lipinski definition) is 3. The molecule has 3 N–H and O–H groups in total. The van der Waals surface area contributed by atoms with Crippen molar-refractivity contribution in [1.29, 1.82) is 0 Å². The Balaban J connectivity index is 2.60. The van der Waals surface area contributed by atoms with Gasteiger partial charge in [0.25, 0.3) is 0 Å². The molecule has 0 bridgehead atoms. The summed E-state index contributed by atoms with van der Waals surface area (Å²) in [6, 6.07) is 1.71. The van der Waals surface area contributed by atoms with E-state index in [4.69, 9.17) is 5.73 Å². The van der Waals surface area contributed by atoms with Crippen molar-refractivity contribution in [3.8, 4) is 11.3 Å². The van der Waals surface area contributed by atoms with Gasteiger partial charge in [0.15, 0.2) is 11.6 Å². The van der Waals surface area contributed by atoms with E-state index in [-0.39, 0.29) is 5.82 Å². The highest BCUT2D eigenvalue weighted by Crippen LogP contribution is 2.25. The Labute approximate surface area is 80.0 Å². The van der Waals surface area contributed by atoms with Crippen LogP contribution in [-0.2, 0) is 0 Å². The quantitative estimate of drug-likeness (QED) is 0.719. The molecule has 0 spiro atoms. The normalized spacial score (nSPS) is 10.4. The van der Waals surface area contributed by atoms with Crippen molar-refractivity contribution >= 4 is 5.82 Å². The molecule has 4 nitrogen and oxygen atoms in total. The van der Waals surface area contributed by atoms with E-state index in [0.717, 1.165) is 11.1 Å². The fraction of sp³-hybridized carbons (Fsp3) is 0.111. The lowest BCUT2D eigenvalue weighted by atomic mass is 10.1. The first-order valence-electron chi connectivity index (χ1n) is 4.10. The lowest BCUT2D eigenvalue weighted by Crippen LogP contribution is -1.89. The van der Waals surface area contributed by atoms with E-state index in [1.165, 1.54) is 0 Å². The van der Waals surface area contributed by atoms with Gasteiger partial charge in [-0.25, -0.2) is 4.39 Å². The zero-order valence-corrected chi connectivity index (χ0v) is 7.58. The zero-order chi connectivity index (χ0) is 10.1. The molecule has 2 rings (SSSR count). The van der Waals surface area contributed by atoms with Crippen molar-refractivity contribution in [3.05, 3.63) is 29.8 Å². The molecule has 2 heterocycles. The maximum atomic E-state index is 13.4. The van der Waals surface area contributed by atoms with Gasteiger partial charge in [-0.05, 0) is 18.6 Å². The number of nitrogen functional groups attached to an aromatic ring is 1. The standard InChI is InChI=1S/C9H9FN4/c1-5-4-12-3-2-6(5)8-7(10)9(11)14-13-8/h2-4H,1H3,(H3,11,13,14). The topological polar surface area (TPSA) is 67.6 Å². The molecule has 0 atom stereocenters. The number of nitrogens with one attached hydrogen (secondary N) is 1. The monoisotopic (exact) mass is 192 g/mol. The summed E-state index contributed by atoms with van der Waals surface area (Å²) in [5.74, 6) is -0.629. The van der Waals surface area contributed by atoms with Crippen molar-refractivity contribution in [2.24, 2.45) is 0 Å². The molecule has 0 saturated heterocycles. The largest absolute Gasteiger partial charge is 0.380 e. The predicted molar refractivity (Wildman–Crippen MR) is 50.9 cm³/mol. The molecule has 5 heteroatoms. The minimum absolute atomic E-state index is 0.115. The lowest BCUT2D eigenvalue weighted by Gasteiger charge is -2.00. The van der Waals surface area contributed by atoms with Crippen LogP contribution in [0.3, 0.4) is 0 Å². The van der Waals surface area contributed by atoms with E-state index in [2.05, 4.69) is 15.2 Å². The van der Waals surface area contributed by atoms with Gasteiger partial charge in [0.05, 0.1) is 0 Å². The number of rotatable bonds is 1. The molecule has 0 aliphatic carbocycles. The molecule has 72 valence electrons. The molecule has 0 aromatic carbocycles. The lowest BCUT2D eigenvalue weighted by molar-refractivity contribution is 0.636. The molecule has 2 aromatic heterocycles. The van der Waals surface area contributed by atoms with Crippen LogP contribution in [0.2, 0.25) is 0 Å². The summed E-state index contributed by atoms with van der Waals surface area (Å²) in [6.07, 6.45) is 3.25. The average Bonchev–Trinajstić information content (AvgIpc) is 2.49. The molecule has 0 unspecified atom stereocenters. The molecule has 0 aliphatic heterocycles. The average molecular weight is 192 g/mol. The van der Waals surface area contributed by atoms with Crippen LogP contribution in [0.1, 0.15) is 5.56 Å². The molecule has 0 aliphatic rings. The molecule has 0 amide bonds. The van der Waals surface area contributed by atoms with Gasteiger partial charge < -0.3 is 5.73 Å². The summed E-state index contributed by atoms with van der Waals surface area (Å²) >= 11 is 0. The van der Waals surface area contributed by atoms with Crippen molar-refractivity contribution in [1.82, 2.24) is 15.2 Å². The van der Waals surface area contributed by atoms with E-state index < -0.39 is 5.82 Å². The minimum Gasteiger partial charge on any atom is -0.380 e. The van der Waals surface area contributed by atoms with Gasteiger partial charge in [-0.2, -0.15) is 5.10 Å². The predicted octanol–water partition coefficient (Wildman–Crippen LogP) is 1.50. The first kappa shape index (κ1) is 8.68. The SMILES string of the molecule is Cc1cnccc1-c1[nH]nc(N)c1F. The van der Waals surface area contributed by atoms with Gasteiger partial charge in [0.1, 0.15) is 5.69 Å². The number of nitrogens with zero attached hydrogens (tertiary/aromatic N) is 2. The Kier molecular flexibility index (Phi) is 1.92. The molecule has 0 saturated carbocycles. The maximum absolute atomic E-state index is 13.4.